The zero-order valence-electron chi connectivity index (χ0n) is 15.1. The summed E-state index contributed by atoms with van der Waals surface area (Å²) in [6, 6.07) is 10.3. The van der Waals surface area contributed by atoms with E-state index in [4.69, 9.17) is 4.52 Å². The van der Waals surface area contributed by atoms with Crippen molar-refractivity contribution in [3.8, 4) is 0 Å². The number of para-hydroxylation sites is 1. The number of nitrogens with zero attached hydrogens (tertiary/aromatic N) is 2. The van der Waals surface area contributed by atoms with Crippen LogP contribution in [0.5, 0.6) is 0 Å². The van der Waals surface area contributed by atoms with E-state index in [1.165, 1.54) is 18.4 Å². The van der Waals surface area contributed by atoms with Crippen LogP contribution in [0.2, 0.25) is 0 Å². The number of carbonyl (C=O) groups excluding carboxylic acids is 1. The molecule has 25 heavy (non-hydrogen) atoms. The summed E-state index contributed by atoms with van der Waals surface area (Å²) in [5.74, 6) is 0.913. The molecule has 1 amide bonds. The van der Waals surface area contributed by atoms with Gasteiger partial charge >= 0.3 is 0 Å². The highest BCUT2D eigenvalue weighted by Gasteiger charge is 2.26. The molecule has 1 aromatic carbocycles. The lowest BCUT2D eigenvalue weighted by Gasteiger charge is -2.34. The number of aromatic nitrogens is 1. The van der Waals surface area contributed by atoms with E-state index in [9.17, 15) is 4.79 Å². The van der Waals surface area contributed by atoms with Crippen molar-refractivity contribution in [1.29, 1.82) is 0 Å². The summed E-state index contributed by atoms with van der Waals surface area (Å²) in [4.78, 5) is 14.8. The molecule has 1 aliphatic heterocycles. The van der Waals surface area contributed by atoms with E-state index in [1.54, 1.807) is 0 Å². The lowest BCUT2D eigenvalue weighted by atomic mass is 9.99. The number of anilines is 1. The Bertz CT molecular complexity index is 710. The molecular weight excluding hydrogens is 314 g/mol. The van der Waals surface area contributed by atoms with Crippen molar-refractivity contribution in [2.24, 2.45) is 0 Å². The second kappa shape index (κ2) is 8.30. The lowest BCUT2D eigenvalue weighted by Crippen LogP contribution is -2.35. The van der Waals surface area contributed by atoms with E-state index in [2.05, 4.69) is 28.4 Å². The second-order valence-corrected chi connectivity index (χ2v) is 6.72. The van der Waals surface area contributed by atoms with E-state index < -0.39 is 0 Å². The molecule has 1 fully saturated rings. The van der Waals surface area contributed by atoms with E-state index >= 15 is 0 Å². The summed E-state index contributed by atoms with van der Waals surface area (Å²) < 4.78 is 5.24. The molecule has 1 saturated heterocycles. The Morgan fingerprint density at radius 2 is 2.20 bits per heavy atom. The molecule has 0 bridgehead atoms. The van der Waals surface area contributed by atoms with Gasteiger partial charge in [0.15, 0.2) is 0 Å². The molecule has 5 heteroatoms. The molecule has 134 valence electrons. The molecule has 1 atom stereocenters. The molecular formula is C20H27N3O2. The summed E-state index contributed by atoms with van der Waals surface area (Å²) in [7, 11) is 0. The smallest absolute Gasteiger partial charge is 0.225 e. The fourth-order valence-corrected chi connectivity index (χ4v) is 3.54. The van der Waals surface area contributed by atoms with Gasteiger partial charge < -0.3 is 9.84 Å². The van der Waals surface area contributed by atoms with Crippen LogP contribution in [0.3, 0.4) is 0 Å². The van der Waals surface area contributed by atoms with Crippen LogP contribution >= 0.6 is 0 Å². The van der Waals surface area contributed by atoms with Crippen molar-refractivity contribution in [1.82, 2.24) is 10.1 Å². The molecule has 1 N–H and O–H groups in total. The number of piperidine rings is 1. The lowest BCUT2D eigenvalue weighted by molar-refractivity contribution is -0.116. The van der Waals surface area contributed by atoms with Gasteiger partial charge in [-0.05, 0) is 44.4 Å². The first-order chi connectivity index (χ1) is 12.2. The molecule has 1 aliphatic rings. The van der Waals surface area contributed by atoms with Gasteiger partial charge in [-0.1, -0.05) is 36.7 Å². The van der Waals surface area contributed by atoms with Gasteiger partial charge in [0.25, 0.3) is 0 Å². The minimum Gasteiger partial charge on any atom is -0.361 e. The third kappa shape index (κ3) is 4.48. The Labute approximate surface area is 149 Å². The van der Waals surface area contributed by atoms with Gasteiger partial charge in [-0.25, -0.2) is 0 Å². The zero-order chi connectivity index (χ0) is 17.6. The van der Waals surface area contributed by atoms with Gasteiger partial charge in [0.05, 0.1) is 6.04 Å². The van der Waals surface area contributed by atoms with Gasteiger partial charge in [-0.3, -0.25) is 9.69 Å². The van der Waals surface area contributed by atoms with E-state index in [0.29, 0.717) is 6.42 Å². The number of likely N-dealkylation sites (tertiary alicyclic amines) is 1. The molecule has 1 unspecified atom stereocenters. The molecule has 0 saturated carbocycles. The quantitative estimate of drug-likeness (QED) is 0.859. The normalized spacial score (nSPS) is 18.2. The average molecular weight is 341 g/mol. The highest BCUT2D eigenvalue weighted by Crippen LogP contribution is 2.30. The number of hydrogen-bond donors (Lipinski definition) is 1. The Morgan fingerprint density at radius 3 is 2.96 bits per heavy atom. The molecule has 1 aromatic heterocycles. The first kappa shape index (κ1) is 17.7. The van der Waals surface area contributed by atoms with Crippen LogP contribution in [0.1, 0.15) is 55.7 Å². The number of nitrogens with one attached hydrogen (secondary N) is 1. The van der Waals surface area contributed by atoms with Gasteiger partial charge in [-0.15, -0.1) is 0 Å². The number of rotatable bonds is 6. The number of carbonyl (C=O) groups is 1. The summed E-state index contributed by atoms with van der Waals surface area (Å²) in [5, 5.41) is 7.25. The summed E-state index contributed by atoms with van der Waals surface area (Å²) in [5.41, 5.74) is 3.09. The maximum Gasteiger partial charge on any atom is 0.225 e. The van der Waals surface area contributed by atoms with Crippen molar-refractivity contribution in [2.45, 2.75) is 52.0 Å². The van der Waals surface area contributed by atoms with Gasteiger partial charge in [0, 0.05) is 24.7 Å². The molecule has 3 rings (SSSR count). The van der Waals surface area contributed by atoms with E-state index in [-0.39, 0.29) is 11.9 Å². The number of amides is 1. The fourth-order valence-electron chi connectivity index (χ4n) is 3.54. The largest absolute Gasteiger partial charge is 0.361 e. The minimum absolute atomic E-state index is 0.0709. The topological polar surface area (TPSA) is 58.4 Å². The van der Waals surface area contributed by atoms with Crippen LogP contribution in [-0.2, 0) is 11.2 Å². The van der Waals surface area contributed by atoms with Crippen LogP contribution in [0.15, 0.2) is 34.9 Å². The number of hydrogen-bond acceptors (Lipinski definition) is 4. The number of benzene rings is 1. The predicted molar refractivity (Wildman–Crippen MR) is 98.5 cm³/mol. The highest BCUT2D eigenvalue weighted by atomic mass is 16.5. The predicted octanol–water partition coefficient (Wildman–Crippen LogP) is 4.10. The summed E-state index contributed by atoms with van der Waals surface area (Å²) in [6.07, 6.45) is 4.85. The molecule has 0 spiro atoms. The number of aryl methyl sites for hydroxylation is 2. The van der Waals surface area contributed by atoms with E-state index in [0.717, 1.165) is 43.1 Å². The van der Waals surface area contributed by atoms with Crippen LogP contribution in [-0.4, -0.2) is 29.1 Å². The molecule has 0 aliphatic carbocycles. The van der Waals surface area contributed by atoms with Gasteiger partial charge in [-0.2, -0.15) is 0 Å². The fraction of sp³-hybridized carbons (Fsp3) is 0.500. The first-order valence-electron chi connectivity index (χ1n) is 9.22. The first-order valence-corrected chi connectivity index (χ1v) is 9.22. The maximum atomic E-state index is 12.4. The van der Waals surface area contributed by atoms with E-state index in [1.807, 2.05) is 31.2 Å². The molecule has 5 nitrogen and oxygen atoms in total. The minimum atomic E-state index is 0.0709. The van der Waals surface area contributed by atoms with Crippen molar-refractivity contribution in [3.63, 3.8) is 0 Å². The molecule has 0 radical (unpaired) electrons. The van der Waals surface area contributed by atoms with Gasteiger partial charge in [0.2, 0.25) is 5.91 Å². The summed E-state index contributed by atoms with van der Waals surface area (Å²) >= 11 is 0. The Hall–Kier alpha value is -2.14. The SMILES string of the molecule is CCc1ccccc1NC(=O)CCN1CCCCC1c1cc(C)on1. The van der Waals surface area contributed by atoms with Gasteiger partial charge in [0.1, 0.15) is 11.5 Å². The van der Waals surface area contributed by atoms with Crippen molar-refractivity contribution in [3.05, 3.63) is 47.3 Å². The van der Waals surface area contributed by atoms with Crippen LogP contribution in [0, 0.1) is 6.92 Å². The molecule has 2 aromatic rings. The van der Waals surface area contributed by atoms with Crippen LogP contribution in [0.25, 0.3) is 0 Å². The van der Waals surface area contributed by atoms with Crippen molar-refractivity contribution < 1.29 is 9.32 Å². The summed E-state index contributed by atoms with van der Waals surface area (Å²) in [6.45, 7) is 5.78. The average Bonchev–Trinajstić information content (AvgIpc) is 3.07. The van der Waals surface area contributed by atoms with Crippen LogP contribution in [0.4, 0.5) is 5.69 Å². The third-order valence-electron chi connectivity index (χ3n) is 4.90. The zero-order valence-corrected chi connectivity index (χ0v) is 15.1. The molecule has 2 heterocycles. The Morgan fingerprint density at radius 1 is 1.36 bits per heavy atom. The monoisotopic (exact) mass is 341 g/mol. The standard InChI is InChI=1S/C20H27N3O2/c1-3-16-8-4-5-9-17(16)21-20(24)11-13-23-12-7-6-10-19(23)18-14-15(2)25-22-18/h4-5,8-9,14,19H,3,6-7,10-13H2,1-2H3,(H,21,24). The van der Waals surface area contributed by atoms with Crippen LogP contribution < -0.4 is 5.32 Å². The maximum absolute atomic E-state index is 12.4. The van der Waals surface area contributed by atoms with Crippen molar-refractivity contribution >= 4 is 11.6 Å². The Balaban J connectivity index is 1.58. The van der Waals surface area contributed by atoms with Crippen molar-refractivity contribution in [2.75, 3.05) is 18.4 Å². The second-order valence-electron chi connectivity index (χ2n) is 6.72. The Kier molecular flexibility index (Phi) is 5.87. The third-order valence-corrected chi connectivity index (χ3v) is 4.90. The highest BCUT2D eigenvalue weighted by molar-refractivity contribution is 5.91.